The predicted octanol–water partition coefficient (Wildman–Crippen LogP) is 4.04. The second-order valence-corrected chi connectivity index (χ2v) is 7.15. The molecule has 0 saturated carbocycles. The maximum absolute atomic E-state index is 5.17. The molecule has 0 spiro atoms. The monoisotopic (exact) mass is 263 g/mol. The van der Waals surface area contributed by atoms with E-state index in [1.807, 2.05) is 12.1 Å². The summed E-state index contributed by atoms with van der Waals surface area (Å²) in [5, 5.41) is 3.66. The van der Waals surface area contributed by atoms with Crippen LogP contribution >= 0.6 is 0 Å². The van der Waals surface area contributed by atoms with Gasteiger partial charge in [-0.05, 0) is 56.3 Å². The smallest absolute Gasteiger partial charge is 0.118 e. The zero-order chi connectivity index (χ0) is 14.5. The highest BCUT2D eigenvalue weighted by molar-refractivity contribution is 5.27. The van der Waals surface area contributed by atoms with Crippen LogP contribution in [0.25, 0.3) is 0 Å². The first-order chi connectivity index (χ1) is 8.72. The fourth-order valence-corrected chi connectivity index (χ4v) is 2.73. The fourth-order valence-electron chi connectivity index (χ4n) is 2.73. The molecule has 2 heteroatoms. The van der Waals surface area contributed by atoms with Gasteiger partial charge in [0.25, 0.3) is 0 Å². The topological polar surface area (TPSA) is 21.3 Å². The summed E-state index contributed by atoms with van der Waals surface area (Å²) in [6.45, 7) is 12.5. The fraction of sp³-hybridized carbons (Fsp3) is 0.647. The van der Waals surface area contributed by atoms with Crippen LogP contribution in [0, 0.1) is 5.41 Å². The first-order valence-corrected chi connectivity index (χ1v) is 7.10. The van der Waals surface area contributed by atoms with E-state index in [0.717, 1.165) is 18.7 Å². The van der Waals surface area contributed by atoms with E-state index in [1.54, 1.807) is 7.11 Å². The normalized spacial score (nSPS) is 12.5. The van der Waals surface area contributed by atoms with E-state index in [-0.39, 0.29) is 5.54 Å². The molecule has 19 heavy (non-hydrogen) atoms. The van der Waals surface area contributed by atoms with Crippen LogP contribution in [0.5, 0.6) is 5.75 Å². The quantitative estimate of drug-likeness (QED) is 0.836. The van der Waals surface area contributed by atoms with E-state index >= 15 is 0 Å². The number of nitrogens with one attached hydrogen (secondary N) is 1. The second kappa shape index (κ2) is 6.42. The molecule has 1 aromatic carbocycles. The Balaban J connectivity index is 2.40. The highest BCUT2D eigenvalue weighted by Gasteiger charge is 2.24. The van der Waals surface area contributed by atoms with Gasteiger partial charge in [0.2, 0.25) is 0 Å². The summed E-state index contributed by atoms with van der Waals surface area (Å²) in [5.74, 6) is 0.921. The Morgan fingerprint density at radius 3 is 2.05 bits per heavy atom. The molecule has 2 nitrogen and oxygen atoms in total. The van der Waals surface area contributed by atoms with Crippen LogP contribution < -0.4 is 10.1 Å². The SMILES string of the molecule is COc1ccc(CCNC(C)(C)CC(C)(C)C)cc1. The first-order valence-electron chi connectivity index (χ1n) is 7.10. The molecule has 0 bridgehead atoms. The Hall–Kier alpha value is -1.02. The summed E-state index contributed by atoms with van der Waals surface area (Å²) in [6.07, 6.45) is 2.22. The summed E-state index contributed by atoms with van der Waals surface area (Å²) < 4.78 is 5.17. The Labute approximate surface area is 118 Å². The summed E-state index contributed by atoms with van der Waals surface area (Å²) in [7, 11) is 1.70. The number of hydrogen-bond acceptors (Lipinski definition) is 2. The average molecular weight is 263 g/mol. The molecule has 0 fully saturated rings. The minimum Gasteiger partial charge on any atom is -0.497 e. The molecule has 0 saturated heterocycles. The van der Waals surface area contributed by atoms with Gasteiger partial charge in [0.15, 0.2) is 0 Å². The van der Waals surface area contributed by atoms with Gasteiger partial charge in [-0.1, -0.05) is 32.9 Å². The third kappa shape index (κ3) is 6.63. The molecule has 0 heterocycles. The van der Waals surface area contributed by atoms with Crippen molar-refractivity contribution in [2.45, 2.75) is 53.0 Å². The first kappa shape index (κ1) is 16.0. The lowest BCUT2D eigenvalue weighted by Crippen LogP contribution is -2.43. The maximum Gasteiger partial charge on any atom is 0.118 e. The molecule has 1 aromatic rings. The zero-order valence-corrected chi connectivity index (χ0v) is 13.3. The molecule has 1 N–H and O–H groups in total. The van der Waals surface area contributed by atoms with Crippen LogP contribution in [-0.4, -0.2) is 19.2 Å². The average Bonchev–Trinajstić information content (AvgIpc) is 2.26. The molecule has 108 valence electrons. The van der Waals surface area contributed by atoms with Gasteiger partial charge in [0.05, 0.1) is 7.11 Å². The molecule has 1 rings (SSSR count). The van der Waals surface area contributed by atoms with Crippen molar-refractivity contribution in [1.82, 2.24) is 5.32 Å². The lowest BCUT2D eigenvalue weighted by molar-refractivity contribution is 0.243. The minimum absolute atomic E-state index is 0.185. The number of methoxy groups -OCH3 is 1. The summed E-state index contributed by atoms with van der Waals surface area (Å²) in [5.41, 5.74) is 1.89. The largest absolute Gasteiger partial charge is 0.497 e. The summed E-state index contributed by atoms with van der Waals surface area (Å²) in [6, 6.07) is 8.32. The Morgan fingerprint density at radius 1 is 1.00 bits per heavy atom. The van der Waals surface area contributed by atoms with E-state index < -0.39 is 0 Å². The van der Waals surface area contributed by atoms with Crippen LogP contribution in [0.4, 0.5) is 0 Å². The molecular formula is C17H29NO. The summed E-state index contributed by atoms with van der Waals surface area (Å²) in [4.78, 5) is 0. The number of benzene rings is 1. The third-order valence-corrected chi connectivity index (χ3v) is 3.15. The van der Waals surface area contributed by atoms with Gasteiger partial charge in [0, 0.05) is 5.54 Å². The van der Waals surface area contributed by atoms with Crippen molar-refractivity contribution >= 4 is 0 Å². The van der Waals surface area contributed by atoms with E-state index in [0.29, 0.717) is 5.41 Å². The van der Waals surface area contributed by atoms with Crippen molar-refractivity contribution in [1.29, 1.82) is 0 Å². The second-order valence-electron chi connectivity index (χ2n) is 7.15. The van der Waals surface area contributed by atoms with Gasteiger partial charge in [-0.2, -0.15) is 0 Å². The molecule has 0 radical (unpaired) electrons. The van der Waals surface area contributed by atoms with Gasteiger partial charge in [-0.3, -0.25) is 0 Å². The van der Waals surface area contributed by atoms with Crippen LogP contribution in [0.1, 0.15) is 46.6 Å². The Bertz CT molecular complexity index is 373. The lowest BCUT2D eigenvalue weighted by Gasteiger charge is -2.33. The van der Waals surface area contributed by atoms with Crippen molar-refractivity contribution in [3.05, 3.63) is 29.8 Å². The van der Waals surface area contributed by atoms with Gasteiger partial charge in [-0.25, -0.2) is 0 Å². The van der Waals surface area contributed by atoms with Gasteiger partial charge in [0.1, 0.15) is 5.75 Å². The van der Waals surface area contributed by atoms with Crippen LogP contribution in [0.15, 0.2) is 24.3 Å². The van der Waals surface area contributed by atoms with Crippen LogP contribution in [0.3, 0.4) is 0 Å². The molecular weight excluding hydrogens is 234 g/mol. The van der Waals surface area contributed by atoms with Gasteiger partial charge >= 0.3 is 0 Å². The predicted molar refractivity (Wildman–Crippen MR) is 82.9 cm³/mol. The lowest BCUT2D eigenvalue weighted by atomic mass is 9.82. The third-order valence-electron chi connectivity index (χ3n) is 3.15. The molecule has 0 atom stereocenters. The molecule has 0 unspecified atom stereocenters. The molecule has 0 amide bonds. The van der Waals surface area contributed by atoms with Gasteiger partial charge < -0.3 is 10.1 Å². The number of hydrogen-bond donors (Lipinski definition) is 1. The van der Waals surface area contributed by atoms with Crippen molar-refractivity contribution in [3.63, 3.8) is 0 Å². The molecule has 0 aromatic heterocycles. The number of ether oxygens (including phenoxy) is 1. The van der Waals surface area contributed by atoms with E-state index in [4.69, 9.17) is 4.74 Å². The highest BCUT2D eigenvalue weighted by Crippen LogP contribution is 2.26. The van der Waals surface area contributed by atoms with Crippen molar-refractivity contribution in [2.24, 2.45) is 5.41 Å². The molecule has 0 aliphatic carbocycles. The summed E-state index contributed by atoms with van der Waals surface area (Å²) >= 11 is 0. The Morgan fingerprint density at radius 2 is 1.58 bits per heavy atom. The maximum atomic E-state index is 5.17. The van der Waals surface area contributed by atoms with Crippen LogP contribution in [0.2, 0.25) is 0 Å². The number of rotatable bonds is 6. The Kier molecular flexibility index (Phi) is 5.42. The molecule has 0 aliphatic heterocycles. The van der Waals surface area contributed by atoms with Crippen molar-refractivity contribution in [2.75, 3.05) is 13.7 Å². The standard InChI is InChI=1S/C17H29NO/c1-16(2,3)13-17(4,5)18-12-11-14-7-9-15(19-6)10-8-14/h7-10,18H,11-13H2,1-6H3. The van der Waals surface area contributed by atoms with E-state index in [2.05, 4.69) is 52.1 Å². The zero-order valence-electron chi connectivity index (χ0n) is 13.3. The van der Waals surface area contributed by atoms with Crippen LogP contribution in [-0.2, 0) is 6.42 Å². The van der Waals surface area contributed by atoms with E-state index in [1.165, 1.54) is 12.0 Å². The van der Waals surface area contributed by atoms with Crippen molar-refractivity contribution < 1.29 is 4.74 Å². The van der Waals surface area contributed by atoms with Gasteiger partial charge in [-0.15, -0.1) is 0 Å². The van der Waals surface area contributed by atoms with Crippen molar-refractivity contribution in [3.8, 4) is 5.75 Å². The van der Waals surface area contributed by atoms with E-state index in [9.17, 15) is 0 Å². The highest BCUT2D eigenvalue weighted by atomic mass is 16.5. The minimum atomic E-state index is 0.185. The molecule has 0 aliphatic rings.